The van der Waals surface area contributed by atoms with Gasteiger partial charge in [-0.15, -0.1) is 0 Å². The molecule has 1 aliphatic heterocycles. The van der Waals surface area contributed by atoms with Gasteiger partial charge in [-0.05, 0) is 25.0 Å². The summed E-state index contributed by atoms with van der Waals surface area (Å²) in [7, 11) is 1.58. The molecule has 2 heterocycles. The van der Waals surface area contributed by atoms with Gasteiger partial charge in [0.1, 0.15) is 5.41 Å². The summed E-state index contributed by atoms with van der Waals surface area (Å²) >= 11 is 0. The molecule has 1 unspecified atom stereocenters. The number of nitrogens with zero attached hydrogens (tertiary/aromatic N) is 2. The van der Waals surface area contributed by atoms with Crippen molar-refractivity contribution in [3.8, 4) is 5.75 Å². The number of carbonyl (C=O) groups is 2. The van der Waals surface area contributed by atoms with Crippen molar-refractivity contribution in [2.45, 2.75) is 18.9 Å². The standard InChI is InChI=1S/C12H12N2O4/c1-14-9-7(3-2-6-13-9)18-8(10(14)15)12(4-5-12)11(16)17/h2-3,6,8H,4-5H2,1H3,(H,16,17). The lowest BCUT2D eigenvalue weighted by molar-refractivity contribution is -0.151. The third kappa shape index (κ3) is 1.32. The van der Waals surface area contributed by atoms with Crippen LogP contribution in [0.15, 0.2) is 18.3 Å². The number of hydrogen-bond donors (Lipinski definition) is 1. The maximum Gasteiger partial charge on any atom is 0.313 e. The second kappa shape index (κ2) is 3.44. The largest absolute Gasteiger partial charge is 0.481 e. The van der Waals surface area contributed by atoms with Crippen LogP contribution in [0.3, 0.4) is 0 Å². The fourth-order valence-corrected chi connectivity index (χ4v) is 2.26. The first-order valence-electron chi connectivity index (χ1n) is 5.69. The fourth-order valence-electron chi connectivity index (χ4n) is 2.26. The number of amides is 1. The van der Waals surface area contributed by atoms with Crippen LogP contribution in [0.1, 0.15) is 12.8 Å². The van der Waals surface area contributed by atoms with Crippen LogP contribution in [0, 0.1) is 5.41 Å². The van der Waals surface area contributed by atoms with E-state index in [1.165, 1.54) is 4.90 Å². The monoisotopic (exact) mass is 248 g/mol. The van der Waals surface area contributed by atoms with Gasteiger partial charge < -0.3 is 9.84 Å². The van der Waals surface area contributed by atoms with Crippen molar-refractivity contribution in [1.29, 1.82) is 0 Å². The minimum Gasteiger partial charge on any atom is -0.481 e. The van der Waals surface area contributed by atoms with Crippen molar-refractivity contribution in [2.75, 3.05) is 11.9 Å². The number of aromatic nitrogens is 1. The summed E-state index contributed by atoms with van der Waals surface area (Å²) in [6.45, 7) is 0. The van der Waals surface area contributed by atoms with E-state index in [2.05, 4.69) is 4.98 Å². The van der Waals surface area contributed by atoms with Gasteiger partial charge in [0.2, 0.25) is 0 Å². The predicted molar refractivity (Wildman–Crippen MR) is 61.4 cm³/mol. The highest BCUT2D eigenvalue weighted by Crippen LogP contribution is 2.52. The normalized spacial score (nSPS) is 24.2. The molecule has 1 N–H and O–H groups in total. The molecule has 2 aliphatic rings. The summed E-state index contributed by atoms with van der Waals surface area (Å²) in [6.07, 6.45) is 1.57. The van der Waals surface area contributed by atoms with Gasteiger partial charge in [0.05, 0.1) is 0 Å². The van der Waals surface area contributed by atoms with Gasteiger partial charge in [0, 0.05) is 13.2 Å². The minimum atomic E-state index is -1.06. The molecule has 3 rings (SSSR count). The number of carbonyl (C=O) groups excluding carboxylic acids is 1. The number of pyridine rings is 1. The zero-order valence-corrected chi connectivity index (χ0v) is 9.79. The van der Waals surface area contributed by atoms with E-state index in [-0.39, 0.29) is 5.91 Å². The first-order valence-corrected chi connectivity index (χ1v) is 5.69. The molecule has 1 saturated carbocycles. The van der Waals surface area contributed by atoms with Crippen molar-refractivity contribution in [2.24, 2.45) is 5.41 Å². The van der Waals surface area contributed by atoms with Crippen LogP contribution in [0.2, 0.25) is 0 Å². The Hall–Kier alpha value is -2.11. The average molecular weight is 248 g/mol. The van der Waals surface area contributed by atoms with Crippen molar-refractivity contribution in [3.63, 3.8) is 0 Å². The van der Waals surface area contributed by atoms with E-state index in [9.17, 15) is 14.7 Å². The van der Waals surface area contributed by atoms with Crippen LogP contribution in [-0.2, 0) is 9.59 Å². The molecule has 94 valence electrons. The summed E-state index contributed by atoms with van der Waals surface area (Å²) in [5, 5.41) is 9.24. The fraction of sp³-hybridized carbons (Fsp3) is 0.417. The molecule has 1 fully saturated rings. The molecular formula is C12H12N2O4. The van der Waals surface area contributed by atoms with Gasteiger partial charge >= 0.3 is 5.97 Å². The van der Waals surface area contributed by atoms with Crippen molar-refractivity contribution < 1.29 is 19.4 Å². The molecular weight excluding hydrogens is 236 g/mol. The van der Waals surface area contributed by atoms with Crippen LogP contribution in [0.4, 0.5) is 5.82 Å². The second-order valence-electron chi connectivity index (χ2n) is 4.68. The Morgan fingerprint density at radius 3 is 2.94 bits per heavy atom. The molecule has 1 aromatic heterocycles. The number of carboxylic acids is 1. The van der Waals surface area contributed by atoms with E-state index in [0.717, 1.165) is 0 Å². The summed E-state index contributed by atoms with van der Waals surface area (Å²) in [6, 6.07) is 3.38. The van der Waals surface area contributed by atoms with Crippen LogP contribution in [0.5, 0.6) is 5.75 Å². The number of ether oxygens (including phenoxy) is 1. The minimum absolute atomic E-state index is 0.346. The molecule has 0 aromatic carbocycles. The lowest BCUT2D eigenvalue weighted by Gasteiger charge is -2.33. The average Bonchev–Trinajstić information content (AvgIpc) is 3.15. The molecule has 0 bridgehead atoms. The first-order chi connectivity index (χ1) is 8.56. The van der Waals surface area contributed by atoms with Gasteiger partial charge in [-0.1, -0.05) is 0 Å². The highest BCUT2D eigenvalue weighted by atomic mass is 16.5. The van der Waals surface area contributed by atoms with Gasteiger partial charge in [0.25, 0.3) is 5.91 Å². The number of likely N-dealkylation sites (N-methyl/N-ethyl adjacent to an activating group) is 1. The van der Waals surface area contributed by atoms with E-state index in [1.807, 2.05) is 0 Å². The van der Waals surface area contributed by atoms with Crippen LogP contribution in [-0.4, -0.2) is 35.1 Å². The predicted octanol–water partition coefficient (Wildman–Crippen LogP) is 0.670. The molecule has 6 heteroatoms. The van der Waals surface area contributed by atoms with Crippen LogP contribution < -0.4 is 9.64 Å². The van der Waals surface area contributed by atoms with E-state index in [0.29, 0.717) is 24.4 Å². The number of rotatable bonds is 2. The molecule has 1 amide bonds. The zero-order chi connectivity index (χ0) is 12.9. The summed E-state index contributed by atoms with van der Waals surface area (Å²) in [5.41, 5.74) is -1.06. The quantitative estimate of drug-likeness (QED) is 0.832. The highest BCUT2D eigenvalue weighted by Gasteiger charge is 2.62. The molecule has 0 radical (unpaired) electrons. The Kier molecular flexibility index (Phi) is 2.10. The molecule has 18 heavy (non-hydrogen) atoms. The van der Waals surface area contributed by atoms with E-state index in [1.54, 1.807) is 25.4 Å². The summed E-state index contributed by atoms with van der Waals surface area (Å²) < 4.78 is 5.57. The van der Waals surface area contributed by atoms with Gasteiger partial charge in [-0.3, -0.25) is 14.5 Å². The second-order valence-corrected chi connectivity index (χ2v) is 4.68. The zero-order valence-electron chi connectivity index (χ0n) is 9.79. The van der Waals surface area contributed by atoms with Crippen LogP contribution in [0.25, 0.3) is 0 Å². The third-order valence-electron chi connectivity index (χ3n) is 3.58. The molecule has 1 aliphatic carbocycles. The Labute approximate surface area is 103 Å². The smallest absolute Gasteiger partial charge is 0.313 e. The summed E-state index contributed by atoms with van der Waals surface area (Å²) in [4.78, 5) is 28.9. The number of carboxylic acid groups (broad SMARTS) is 1. The van der Waals surface area contributed by atoms with E-state index in [4.69, 9.17) is 4.74 Å². The Morgan fingerprint density at radius 2 is 2.33 bits per heavy atom. The van der Waals surface area contributed by atoms with Gasteiger partial charge in [0.15, 0.2) is 17.7 Å². The third-order valence-corrected chi connectivity index (χ3v) is 3.58. The van der Waals surface area contributed by atoms with Crippen molar-refractivity contribution in [1.82, 2.24) is 4.98 Å². The maximum absolute atomic E-state index is 12.2. The Morgan fingerprint density at radius 1 is 1.61 bits per heavy atom. The lowest BCUT2D eigenvalue weighted by Crippen LogP contribution is -2.51. The van der Waals surface area contributed by atoms with Gasteiger partial charge in [-0.25, -0.2) is 4.98 Å². The SMILES string of the molecule is CN1C(=O)C(C2(C(=O)O)CC2)Oc2cccnc21. The number of aliphatic carboxylic acids is 1. The van der Waals surface area contributed by atoms with Crippen LogP contribution >= 0.6 is 0 Å². The van der Waals surface area contributed by atoms with E-state index < -0.39 is 17.5 Å². The number of fused-ring (bicyclic) bond motifs is 1. The molecule has 0 saturated heterocycles. The molecule has 0 spiro atoms. The lowest BCUT2D eigenvalue weighted by atomic mass is 9.97. The molecule has 1 aromatic rings. The number of anilines is 1. The Bertz CT molecular complexity index is 539. The summed E-state index contributed by atoms with van der Waals surface area (Å²) in [5.74, 6) is -0.431. The van der Waals surface area contributed by atoms with Crippen molar-refractivity contribution >= 4 is 17.7 Å². The first kappa shape index (κ1) is 11.0. The maximum atomic E-state index is 12.2. The molecule has 1 atom stereocenters. The molecule has 6 nitrogen and oxygen atoms in total. The van der Waals surface area contributed by atoms with Crippen molar-refractivity contribution in [3.05, 3.63) is 18.3 Å². The topological polar surface area (TPSA) is 79.7 Å². The van der Waals surface area contributed by atoms with E-state index >= 15 is 0 Å². The highest BCUT2D eigenvalue weighted by molar-refractivity contribution is 6.02. The number of hydrogen-bond acceptors (Lipinski definition) is 4. The van der Waals surface area contributed by atoms with Gasteiger partial charge in [-0.2, -0.15) is 0 Å². The Balaban J connectivity index is 2.02.